The first-order valence-electron chi connectivity index (χ1n) is 4.63. The summed E-state index contributed by atoms with van der Waals surface area (Å²) in [7, 11) is 0. The predicted octanol–water partition coefficient (Wildman–Crippen LogP) is 2.72. The van der Waals surface area contributed by atoms with Gasteiger partial charge in [0.25, 0.3) is 0 Å². The van der Waals surface area contributed by atoms with Gasteiger partial charge < -0.3 is 4.74 Å². The number of rotatable bonds is 1. The molecule has 13 heavy (non-hydrogen) atoms. The Hall–Kier alpha value is -0.890. The van der Waals surface area contributed by atoms with Crippen molar-refractivity contribution in [2.24, 2.45) is 0 Å². The molecule has 0 aromatic heterocycles. The van der Waals surface area contributed by atoms with E-state index in [0.29, 0.717) is 12.0 Å². The zero-order chi connectivity index (χ0) is 9.26. The molecule has 1 saturated heterocycles. The Morgan fingerprint density at radius 2 is 2.00 bits per heavy atom. The van der Waals surface area contributed by atoms with E-state index in [1.807, 2.05) is 12.1 Å². The number of hydrogen-bond donors (Lipinski definition) is 0. The highest BCUT2D eigenvalue weighted by atomic mass is 19.1. The molecule has 1 heterocycles. The molecule has 1 aliphatic rings. The molecule has 1 nitrogen and oxygen atoms in total. The number of halogens is 1. The van der Waals surface area contributed by atoms with Crippen LogP contribution in [0.25, 0.3) is 0 Å². The third-order valence-electron chi connectivity index (χ3n) is 2.54. The summed E-state index contributed by atoms with van der Waals surface area (Å²) in [6.07, 6.45) is 1.39. The molecule has 0 radical (unpaired) electrons. The van der Waals surface area contributed by atoms with Crippen LogP contribution in [0, 0.1) is 5.82 Å². The van der Waals surface area contributed by atoms with Gasteiger partial charge in [-0.05, 0) is 31.0 Å². The van der Waals surface area contributed by atoms with Gasteiger partial charge in [-0.25, -0.2) is 4.39 Å². The minimum atomic E-state index is -0.171. The molecule has 1 fully saturated rings. The molecule has 0 saturated carbocycles. The number of benzene rings is 1. The minimum absolute atomic E-state index is 0.171. The molecule has 1 aromatic rings. The van der Waals surface area contributed by atoms with Gasteiger partial charge in [-0.3, -0.25) is 0 Å². The van der Waals surface area contributed by atoms with E-state index in [4.69, 9.17) is 4.74 Å². The Labute approximate surface area is 77.5 Å². The van der Waals surface area contributed by atoms with Crippen LogP contribution in [0.15, 0.2) is 24.3 Å². The van der Waals surface area contributed by atoms with E-state index in [9.17, 15) is 4.39 Å². The first-order valence-corrected chi connectivity index (χ1v) is 4.63. The maximum Gasteiger partial charge on any atom is 0.123 e. The molecule has 0 aliphatic carbocycles. The van der Waals surface area contributed by atoms with Crippen molar-refractivity contribution in [3.8, 4) is 0 Å². The van der Waals surface area contributed by atoms with Gasteiger partial charge in [-0.1, -0.05) is 12.1 Å². The number of ether oxygens (including phenoxy) is 1. The lowest BCUT2D eigenvalue weighted by Crippen LogP contribution is -1.97. The Kier molecular flexibility index (Phi) is 2.32. The van der Waals surface area contributed by atoms with Crippen LogP contribution in [-0.2, 0) is 4.74 Å². The molecule has 0 spiro atoms. The van der Waals surface area contributed by atoms with Crippen molar-refractivity contribution in [1.29, 1.82) is 0 Å². The maximum absolute atomic E-state index is 12.6. The van der Waals surface area contributed by atoms with Crippen molar-refractivity contribution in [2.45, 2.75) is 25.4 Å². The summed E-state index contributed by atoms with van der Waals surface area (Å²) >= 11 is 0. The predicted molar refractivity (Wildman–Crippen MR) is 49.2 cm³/mol. The lowest BCUT2D eigenvalue weighted by Gasteiger charge is -2.06. The van der Waals surface area contributed by atoms with Gasteiger partial charge in [-0.15, -0.1) is 0 Å². The quantitative estimate of drug-likeness (QED) is 0.645. The second kappa shape index (κ2) is 3.46. The average molecular weight is 180 g/mol. The van der Waals surface area contributed by atoms with Gasteiger partial charge in [0.1, 0.15) is 5.82 Å². The van der Waals surface area contributed by atoms with E-state index in [1.165, 1.54) is 17.7 Å². The van der Waals surface area contributed by atoms with Gasteiger partial charge >= 0.3 is 0 Å². The largest absolute Gasteiger partial charge is 0.378 e. The third kappa shape index (κ3) is 1.89. The van der Waals surface area contributed by atoms with Gasteiger partial charge in [0.2, 0.25) is 0 Å². The zero-order valence-corrected chi connectivity index (χ0v) is 7.66. The fraction of sp³-hybridized carbons (Fsp3) is 0.455. The molecule has 1 aliphatic heterocycles. The fourth-order valence-electron chi connectivity index (χ4n) is 1.78. The van der Waals surface area contributed by atoms with Crippen LogP contribution in [0.1, 0.15) is 24.8 Å². The normalized spacial score (nSPS) is 27.8. The van der Waals surface area contributed by atoms with Gasteiger partial charge in [0.15, 0.2) is 0 Å². The highest BCUT2D eigenvalue weighted by Gasteiger charge is 2.23. The molecule has 70 valence electrons. The van der Waals surface area contributed by atoms with Crippen molar-refractivity contribution in [2.75, 3.05) is 6.61 Å². The zero-order valence-electron chi connectivity index (χ0n) is 7.66. The van der Waals surface area contributed by atoms with E-state index in [0.717, 1.165) is 13.0 Å². The highest BCUT2D eigenvalue weighted by molar-refractivity contribution is 5.21. The van der Waals surface area contributed by atoms with Crippen molar-refractivity contribution in [3.63, 3.8) is 0 Å². The topological polar surface area (TPSA) is 9.23 Å². The van der Waals surface area contributed by atoms with Crippen LogP contribution in [0.5, 0.6) is 0 Å². The highest BCUT2D eigenvalue weighted by Crippen LogP contribution is 2.28. The summed E-state index contributed by atoms with van der Waals surface area (Å²) in [4.78, 5) is 0. The monoisotopic (exact) mass is 180 g/mol. The lowest BCUT2D eigenvalue weighted by atomic mass is 9.97. The van der Waals surface area contributed by atoms with Crippen LogP contribution >= 0.6 is 0 Å². The third-order valence-corrected chi connectivity index (χ3v) is 2.54. The van der Waals surface area contributed by atoms with Crippen molar-refractivity contribution in [3.05, 3.63) is 35.6 Å². The molecule has 2 rings (SSSR count). The molecule has 0 N–H and O–H groups in total. The van der Waals surface area contributed by atoms with E-state index in [2.05, 4.69) is 6.92 Å². The SMILES string of the molecule is C[C@H]1C[C@H](c2ccc(F)cc2)CO1. The number of hydrogen-bond acceptors (Lipinski definition) is 1. The van der Waals surface area contributed by atoms with E-state index in [1.54, 1.807) is 0 Å². The van der Waals surface area contributed by atoms with Crippen LogP contribution in [0.2, 0.25) is 0 Å². The summed E-state index contributed by atoms with van der Waals surface area (Å²) in [5, 5.41) is 0. The molecule has 0 unspecified atom stereocenters. The van der Waals surface area contributed by atoms with E-state index in [-0.39, 0.29) is 5.82 Å². The van der Waals surface area contributed by atoms with Crippen LogP contribution in [0.4, 0.5) is 4.39 Å². The minimum Gasteiger partial charge on any atom is -0.378 e. The lowest BCUT2D eigenvalue weighted by molar-refractivity contribution is 0.123. The molecule has 2 heteroatoms. The first-order chi connectivity index (χ1) is 6.25. The Bertz CT molecular complexity index is 281. The van der Waals surface area contributed by atoms with Crippen molar-refractivity contribution < 1.29 is 9.13 Å². The molecular formula is C11H13FO. The molecular weight excluding hydrogens is 167 g/mol. The van der Waals surface area contributed by atoms with Crippen LogP contribution < -0.4 is 0 Å². The van der Waals surface area contributed by atoms with Crippen LogP contribution in [0.3, 0.4) is 0 Å². The summed E-state index contributed by atoms with van der Waals surface area (Å²) in [6, 6.07) is 6.72. The van der Waals surface area contributed by atoms with E-state index >= 15 is 0 Å². The van der Waals surface area contributed by atoms with Gasteiger partial charge in [-0.2, -0.15) is 0 Å². The summed E-state index contributed by atoms with van der Waals surface area (Å²) < 4.78 is 18.1. The van der Waals surface area contributed by atoms with Crippen molar-refractivity contribution in [1.82, 2.24) is 0 Å². The molecule has 0 amide bonds. The summed E-state index contributed by atoms with van der Waals surface area (Å²) in [5.74, 6) is 0.284. The second-order valence-electron chi connectivity index (χ2n) is 3.63. The molecule has 1 aromatic carbocycles. The average Bonchev–Trinajstić information content (AvgIpc) is 2.53. The van der Waals surface area contributed by atoms with Crippen molar-refractivity contribution >= 4 is 0 Å². The summed E-state index contributed by atoms with van der Waals surface area (Å²) in [5.41, 5.74) is 1.19. The maximum atomic E-state index is 12.6. The molecule has 0 bridgehead atoms. The Morgan fingerprint density at radius 3 is 2.54 bits per heavy atom. The Morgan fingerprint density at radius 1 is 1.31 bits per heavy atom. The van der Waals surface area contributed by atoms with Gasteiger partial charge in [0.05, 0.1) is 12.7 Å². The second-order valence-corrected chi connectivity index (χ2v) is 3.63. The smallest absolute Gasteiger partial charge is 0.123 e. The summed E-state index contributed by atoms with van der Waals surface area (Å²) in [6.45, 7) is 2.84. The van der Waals surface area contributed by atoms with Crippen LogP contribution in [-0.4, -0.2) is 12.7 Å². The Balaban J connectivity index is 2.13. The van der Waals surface area contributed by atoms with Gasteiger partial charge in [0, 0.05) is 5.92 Å². The first kappa shape index (κ1) is 8.70. The fourth-order valence-corrected chi connectivity index (χ4v) is 1.78. The van der Waals surface area contributed by atoms with E-state index < -0.39 is 0 Å². The standard InChI is InChI=1S/C11H13FO/c1-8-6-10(7-13-8)9-2-4-11(12)5-3-9/h2-5,8,10H,6-7H2,1H3/t8-,10-/m0/s1. The molecule has 2 atom stereocenters.